The van der Waals surface area contributed by atoms with Crippen LogP contribution >= 0.6 is 0 Å². The molecule has 1 atom stereocenters. The zero-order chi connectivity index (χ0) is 27.5. The lowest BCUT2D eigenvalue weighted by Crippen LogP contribution is -2.52. The number of carbonyl (C=O) groups is 3. The number of hydrogen-bond donors (Lipinski definition) is 2. The third kappa shape index (κ3) is 5.51. The van der Waals surface area contributed by atoms with Crippen molar-refractivity contribution in [3.8, 4) is 0 Å². The molecule has 0 radical (unpaired) electrons. The molecule has 2 N–H and O–H groups in total. The molecule has 2 aliphatic heterocycles. The molecule has 3 heterocycles. The first-order valence-electron chi connectivity index (χ1n) is 12.1. The summed E-state index contributed by atoms with van der Waals surface area (Å²) in [5.41, 5.74) is -2.78. The number of aromatic nitrogens is 1. The van der Waals surface area contributed by atoms with Crippen molar-refractivity contribution in [2.75, 3.05) is 31.5 Å². The zero-order valence-corrected chi connectivity index (χ0v) is 21.3. The fourth-order valence-corrected chi connectivity index (χ4v) is 4.26. The van der Waals surface area contributed by atoms with E-state index in [-0.39, 0.29) is 43.3 Å². The Morgan fingerprint density at radius 3 is 2.29 bits per heavy atom. The van der Waals surface area contributed by atoms with E-state index in [1.807, 2.05) is 0 Å². The van der Waals surface area contributed by atoms with Gasteiger partial charge in [0, 0.05) is 32.4 Å². The first-order chi connectivity index (χ1) is 18.0. The van der Waals surface area contributed by atoms with Gasteiger partial charge < -0.3 is 25.2 Å². The highest BCUT2D eigenvalue weighted by molar-refractivity contribution is 6.07. The first-order valence-corrected chi connectivity index (χ1v) is 12.1. The van der Waals surface area contributed by atoms with Gasteiger partial charge in [-0.15, -0.1) is 0 Å². The smallest absolute Gasteiger partial charge is 0.410 e. The van der Waals surface area contributed by atoms with E-state index < -0.39 is 40.3 Å². The molecule has 0 aliphatic carbocycles. The van der Waals surface area contributed by atoms with E-state index in [9.17, 15) is 23.2 Å². The van der Waals surface area contributed by atoms with Crippen LogP contribution in [0.4, 0.5) is 19.3 Å². The highest BCUT2D eigenvalue weighted by atomic mass is 19.1. The van der Waals surface area contributed by atoms with Gasteiger partial charge in [-0.1, -0.05) is 12.1 Å². The molecule has 1 aromatic heterocycles. The second-order valence-electron chi connectivity index (χ2n) is 9.90. The van der Waals surface area contributed by atoms with Crippen molar-refractivity contribution in [3.63, 3.8) is 0 Å². The monoisotopic (exact) mass is 525 g/mol. The number of dihydropyridines is 1. The van der Waals surface area contributed by atoms with Crippen LogP contribution in [-0.4, -0.2) is 64.5 Å². The molecule has 200 valence electrons. The first kappa shape index (κ1) is 26.8. The molecule has 11 heteroatoms. The molecule has 4 rings (SSSR count). The van der Waals surface area contributed by atoms with Crippen molar-refractivity contribution in [2.45, 2.75) is 31.9 Å². The largest absolute Gasteiger partial charge is 0.444 e. The average molecular weight is 526 g/mol. The van der Waals surface area contributed by atoms with E-state index in [4.69, 9.17) is 4.74 Å². The Kier molecular flexibility index (Phi) is 7.47. The summed E-state index contributed by atoms with van der Waals surface area (Å²) < 4.78 is 35.0. The Bertz CT molecular complexity index is 1280. The summed E-state index contributed by atoms with van der Waals surface area (Å²) in [6, 6.07) is 4.80. The number of nitrogens with zero attached hydrogens (tertiary/aromatic N) is 3. The van der Waals surface area contributed by atoms with Crippen LogP contribution in [0.5, 0.6) is 0 Å². The molecule has 1 saturated heterocycles. The lowest BCUT2D eigenvalue weighted by Gasteiger charge is -2.36. The Balaban J connectivity index is 1.54. The summed E-state index contributed by atoms with van der Waals surface area (Å²) in [5.74, 6) is -3.00. The summed E-state index contributed by atoms with van der Waals surface area (Å²) in [6.07, 6.45) is 8.10. The molecule has 3 amide bonds. The summed E-state index contributed by atoms with van der Waals surface area (Å²) in [5, 5.41) is 5.40. The Hall–Kier alpha value is -4.28. The summed E-state index contributed by atoms with van der Waals surface area (Å²) >= 11 is 0. The molecule has 1 aromatic carbocycles. The highest BCUT2D eigenvalue weighted by Crippen LogP contribution is 2.32. The van der Waals surface area contributed by atoms with Crippen molar-refractivity contribution in [2.24, 2.45) is 0 Å². The van der Waals surface area contributed by atoms with Crippen molar-refractivity contribution >= 4 is 23.6 Å². The molecule has 0 spiro atoms. The van der Waals surface area contributed by atoms with E-state index >= 15 is 0 Å². The number of nitrogens with one attached hydrogen (secondary N) is 2. The van der Waals surface area contributed by atoms with Gasteiger partial charge in [0.2, 0.25) is 0 Å². The van der Waals surface area contributed by atoms with Crippen LogP contribution in [0.1, 0.15) is 36.7 Å². The number of benzene rings is 1. The van der Waals surface area contributed by atoms with Crippen LogP contribution in [0.3, 0.4) is 0 Å². The topological polar surface area (TPSA) is 104 Å². The lowest BCUT2D eigenvalue weighted by atomic mass is 9.86. The quantitative estimate of drug-likeness (QED) is 0.633. The molecular weight excluding hydrogens is 496 g/mol. The molecule has 0 saturated carbocycles. The van der Waals surface area contributed by atoms with E-state index in [1.54, 1.807) is 31.7 Å². The van der Waals surface area contributed by atoms with Crippen molar-refractivity contribution < 1.29 is 27.9 Å². The predicted molar refractivity (Wildman–Crippen MR) is 136 cm³/mol. The molecule has 1 fully saturated rings. The SMILES string of the molecule is CC(C)(C)OC(=O)N1CCN(C(=O)c2ccncc2NC(=O)C2(c3c(F)cccc3F)C=CC=CN2)CC1. The van der Waals surface area contributed by atoms with Crippen LogP contribution in [0.15, 0.2) is 61.1 Å². The van der Waals surface area contributed by atoms with Crippen molar-refractivity contribution in [3.05, 3.63) is 83.8 Å². The maximum absolute atomic E-state index is 14.8. The third-order valence-electron chi connectivity index (χ3n) is 6.10. The normalized spacial score (nSPS) is 19.1. The molecule has 1 unspecified atom stereocenters. The van der Waals surface area contributed by atoms with Gasteiger partial charge in [-0.3, -0.25) is 14.6 Å². The summed E-state index contributed by atoms with van der Waals surface area (Å²) in [4.78, 5) is 46.4. The molecule has 9 nitrogen and oxygen atoms in total. The number of allylic oxidation sites excluding steroid dienone is 2. The maximum Gasteiger partial charge on any atom is 0.410 e. The van der Waals surface area contributed by atoms with Crippen molar-refractivity contribution in [1.29, 1.82) is 0 Å². The number of halogens is 2. The number of anilines is 1. The number of pyridine rings is 1. The van der Waals surface area contributed by atoms with Crippen LogP contribution in [-0.2, 0) is 15.1 Å². The average Bonchev–Trinajstić information content (AvgIpc) is 2.88. The minimum Gasteiger partial charge on any atom is -0.444 e. The molecule has 0 bridgehead atoms. The standard InChI is InChI=1S/C27H29F2N5O4/c1-26(2,3)38-25(37)34-15-13-33(14-16-34)23(35)18-9-12-30-17-21(18)32-24(36)27(10-4-5-11-31-27)22-19(28)7-6-8-20(22)29/h4-12,17,31H,13-16H2,1-3H3,(H,32,36). The Morgan fingerprint density at radius 1 is 1.03 bits per heavy atom. The third-order valence-corrected chi connectivity index (χ3v) is 6.10. The van der Waals surface area contributed by atoms with Crippen LogP contribution in [0, 0.1) is 11.6 Å². The number of ether oxygens (including phenoxy) is 1. The fraction of sp³-hybridized carbons (Fsp3) is 0.333. The number of carbonyl (C=O) groups excluding carboxylic acids is 3. The van der Waals surface area contributed by atoms with Gasteiger partial charge in [-0.05, 0) is 57.3 Å². The second kappa shape index (κ2) is 10.6. The van der Waals surface area contributed by atoms with Gasteiger partial charge in [0.25, 0.3) is 11.8 Å². The molecule has 38 heavy (non-hydrogen) atoms. The van der Waals surface area contributed by atoms with Gasteiger partial charge in [0.15, 0.2) is 5.54 Å². The number of amides is 3. The highest BCUT2D eigenvalue weighted by Gasteiger charge is 2.43. The summed E-state index contributed by atoms with van der Waals surface area (Å²) in [6.45, 7) is 6.42. The van der Waals surface area contributed by atoms with Gasteiger partial charge >= 0.3 is 6.09 Å². The van der Waals surface area contributed by atoms with E-state index in [1.165, 1.54) is 47.8 Å². The Labute approximate surface area is 219 Å². The fourth-order valence-electron chi connectivity index (χ4n) is 4.26. The zero-order valence-electron chi connectivity index (χ0n) is 21.3. The van der Waals surface area contributed by atoms with Crippen LogP contribution in [0.2, 0.25) is 0 Å². The minimum atomic E-state index is -1.90. The van der Waals surface area contributed by atoms with Gasteiger partial charge in [0.05, 0.1) is 23.0 Å². The van der Waals surface area contributed by atoms with E-state index in [2.05, 4.69) is 15.6 Å². The minimum absolute atomic E-state index is 0.0814. The molecule has 2 aromatic rings. The maximum atomic E-state index is 14.8. The number of rotatable bonds is 4. The second-order valence-corrected chi connectivity index (χ2v) is 9.90. The van der Waals surface area contributed by atoms with Crippen LogP contribution in [0.25, 0.3) is 0 Å². The van der Waals surface area contributed by atoms with E-state index in [0.29, 0.717) is 0 Å². The summed E-state index contributed by atoms with van der Waals surface area (Å²) in [7, 11) is 0. The van der Waals surface area contributed by atoms with Gasteiger partial charge in [-0.2, -0.15) is 0 Å². The predicted octanol–water partition coefficient (Wildman–Crippen LogP) is 3.56. The lowest BCUT2D eigenvalue weighted by molar-refractivity contribution is -0.120. The Morgan fingerprint density at radius 2 is 1.68 bits per heavy atom. The van der Waals surface area contributed by atoms with Crippen molar-refractivity contribution in [1.82, 2.24) is 20.1 Å². The number of hydrogen-bond acceptors (Lipinski definition) is 6. The van der Waals surface area contributed by atoms with Gasteiger partial charge in [-0.25, -0.2) is 13.6 Å². The van der Waals surface area contributed by atoms with Crippen LogP contribution < -0.4 is 10.6 Å². The van der Waals surface area contributed by atoms with Gasteiger partial charge in [0.1, 0.15) is 17.2 Å². The molecular formula is C27H29F2N5O4. The number of piperazine rings is 1. The molecule has 2 aliphatic rings. The van der Waals surface area contributed by atoms with E-state index in [0.717, 1.165) is 12.1 Å².